The van der Waals surface area contributed by atoms with Gasteiger partial charge >= 0.3 is 0 Å². The van der Waals surface area contributed by atoms with Crippen LogP contribution < -0.4 is 5.32 Å². The molecule has 4 nitrogen and oxygen atoms in total. The molecule has 0 unspecified atom stereocenters. The summed E-state index contributed by atoms with van der Waals surface area (Å²) in [5, 5.41) is 14.7. The van der Waals surface area contributed by atoms with Gasteiger partial charge in [-0.25, -0.2) is 0 Å². The molecule has 164 valence electrons. The molecule has 0 fully saturated rings. The van der Waals surface area contributed by atoms with Crippen LogP contribution in [0.3, 0.4) is 0 Å². The van der Waals surface area contributed by atoms with Crippen LogP contribution in [0.1, 0.15) is 64.0 Å². The van der Waals surface area contributed by atoms with Gasteiger partial charge in [0.05, 0.1) is 11.5 Å². The predicted molar refractivity (Wildman–Crippen MR) is 128 cm³/mol. The third kappa shape index (κ3) is 4.99. The van der Waals surface area contributed by atoms with Gasteiger partial charge in [-0.05, 0) is 62.1 Å². The van der Waals surface area contributed by atoms with Crippen LogP contribution >= 0.6 is 15.9 Å². The molecule has 0 saturated carbocycles. The fourth-order valence-electron chi connectivity index (χ4n) is 4.65. The van der Waals surface area contributed by atoms with E-state index in [1.165, 1.54) is 19.4 Å². The van der Waals surface area contributed by atoms with Crippen LogP contribution in [0.15, 0.2) is 64.3 Å². The van der Waals surface area contributed by atoms with Gasteiger partial charge in [0.25, 0.3) is 0 Å². The number of Topliss-reactive ketones (excluding diaryl/α,β-unsaturated/α-hetero) is 2. The van der Waals surface area contributed by atoms with Crippen molar-refractivity contribution >= 4 is 33.2 Å². The summed E-state index contributed by atoms with van der Waals surface area (Å²) < 4.78 is 0.953. The number of nitrogens with one attached hydrogen (secondary N) is 1. The van der Waals surface area contributed by atoms with Crippen molar-refractivity contribution < 1.29 is 14.7 Å². The van der Waals surface area contributed by atoms with Gasteiger partial charge in [0.1, 0.15) is 5.78 Å². The van der Waals surface area contributed by atoms with E-state index in [2.05, 4.69) is 35.1 Å². The highest BCUT2D eigenvalue weighted by Gasteiger charge is 2.49. The van der Waals surface area contributed by atoms with Crippen molar-refractivity contribution in [1.29, 1.82) is 0 Å². The Kier molecular flexibility index (Phi) is 6.87. The summed E-state index contributed by atoms with van der Waals surface area (Å²) in [6, 6.07) is 15.7. The van der Waals surface area contributed by atoms with E-state index < -0.39 is 17.4 Å². The van der Waals surface area contributed by atoms with Crippen molar-refractivity contribution in [2.45, 2.75) is 58.5 Å². The van der Waals surface area contributed by atoms with E-state index in [1.54, 1.807) is 6.92 Å². The zero-order valence-electron chi connectivity index (χ0n) is 18.7. The molecular formula is C26H30BrNO3. The Hall–Kier alpha value is -2.24. The van der Waals surface area contributed by atoms with Gasteiger partial charge in [-0.15, -0.1) is 0 Å². The Morgan fingerprint density at radius 1 is 1.06 bits per heavy atom. The molecule has 0 aliphatic heterocycles. The second kappa shape index (κ2) is 9.09. The number of carbonyl (C=O) groups excluding carboxylic acids is 2. The highest BCUT2D eigenvalue weighted by Crippen LogP contribution is 2.48. The number of carbonyl (C=O) groups is 2. The van der Waals surface area contributed by atoms with Crippen LogP contribution in [0.4, 0.5) is 5.69 Å². The van der Waals surface area contributed by atoms with Gasteiger partial charge in [-0.2, -0.15) is 0 Å². The van der Waals surface area contributed by atoms with E-state index in [0.717, 1.165) is 15.7 Å². The monoisotopic (exact) mass is 483 g/mol. The molecule has 1 aliphatic carbocycles. The van der Waals surface area contributed by atoms with E-state index in [4.69, 9.17) is 0 Å². The highest BCUT2D eigenvalue weighted by atomic mass is 79.9. The van der Waals surface area contributed by atoms with Crippen molar-refractivity contribution in [2.24, 2.45) is 5.92 Å². The molecular weight excluding hydrogens is 454 g/mol. The topological polar surface area (TPSA) is 66.4 Å². The van der Waals surface area contributed by atoms with E-state index in [1.807, 2.05) is 48.5 Å². The smallest absolute Gasteiger partial charge is 0.158 e. The summed E-state index contributed by atoms with van der Waals surface area (Å²) in [6.45, 7) is 8.97. The number of rotatable bonds is 6. The minimum Gasteiger partial charge on any atom is -0.389 e. The van der Waals surface area contributed by atoms with Crippen LogP contribution in [0, 0.1) is 5.92 Å². The molecule has 0 aromatic heterocycles. The molecule has 2 aromatic rings. The average molecular weight is 484 g/mol. The number of benzene rings is 2. The normalized spacial score (nSPS) is 23.7. The summed E-state index contributed by atoms with van der Waals surface area (Å²) >= 11 is 3.43. The van der Waals surface area contributed by atoms with Crippen LogP contribution in [0.5, 0.6) is 0 Å². The fraction of sp³-hybridized carbons (Fsp3) is 0.385. The maximum Gasteiger partial charge on any atom is 0.158 e. The molecule has 2 aromatic carbocycles. The molecule has 1 aliphatic rings. The number of allylic oxidation sites excluding steroid dienone is 1. The molecule has 0 heterocycles. The number of ketones is 2. The van der Waals surface area contributed by atoms with Crippen molar-refractivity contribution in [3.8, 4) is 0 Å². The minimum absolute atomic E-state index is 0.0979. The van der Waals surface area contributed by atoms with Crippen LogP contribution in [-0.2, 0) is 9.59 Å². The van der Waals surface area contributed by atoms with Gasteiger partial charge in [0, 0.05) is 33.8 Å². The lowest BCUT2D eigenvalue weighted by molar-refractivity contribution is -0.131. The first-order valence-corrected chi connectivity index (χ1v) is 11.4. The molecule has 0 spiro atoms. The molecule has 0 saturated heterocycles. The first kappa shape index (κ1) is 23.4. The molecule has 3 atom stereocenters. The molecule has 31 heavy (non-hydrogen) atoms. The number of aliphatic hydroxyl groups is 1. The molecule has 5 heteroatoms. The predicted octanol–water partition coefficient (Wildman–Crippen LogP) is 5.97. The molecule has 2 N–H and O–H groups in total. The van der Waals surface area contributed by atoms with E-state index in [-0.39, 0.29) is 18.0 Å². The minimum atomic E-state index is -1.29. The zero-order valence-corrected chi connectivity index (χ0v) is 20.3. The van der Waals surface area contributed by atoms with Crippen LogP contribution in [0.2, 0.25) is 0 Å². The third-order valence-electron chi connectivity index (χ3n) is 6.09. The van der Waals surface area contributed by atoms with Crippen molar-refractivity contribution in [2.75, 3.05) is 5.32 Å². The molecule has 0 amide bonds. The Labute approximate surface area is 192 Å². The van der Waals surface area contributed by atoms with Gasteiger partial charge < -0.3 is 10.4 Å². The average Bonchev–Trinajstić information content (AvgIpc) is 2.68. The Morgan fingerprint density at radius 3 is 2.13 bits per heavy atom. The summed E-state index contributed by atoms with van der Waals surface area (Å²) in [7, 11) is 0. The van der Waals surface area contributed by atoms with Gasteiger partial charge in [0.15, 0.2) is 5.78 Å². The van der Waals surface area contributed by atoms with Gasteiger partial charge in [-0.1, -0.05) is 54.0 Å². The molecule has 0 bridgehead atoms. The summed E-state index contributed by atoms with van der Waals surface area (Å²) in [6.07, 6.45) is 0.197. The number of hydrogen-bond acceptors (Lipinski definition) is 4. The van der Waals surface area contributed by atoms with Crippen molar-refractivity contribution in [3.63, 3.8) is 0 Å². The Bertz CT molecular complexity index is 1000. The third-order valence-corrected chi connectivity index (χ3v) is 6.62. The number of halogens is 1. The van der Waals surface area contributed by atoms with Crippen molar-refractivity contribution in [1.82, 2.24) is 0 Å². The Balaban J connectivity index is 2.18. The fourth-order valence-corrected chi connectivity index (χ4v) is 4.91. The maximum absolute atomic E-state index is 12.9. The standard InChI is InChI=1S/C26H30BrNO3/c1-15(2)18-6-8-19(9-7-18)24-23(16(3)29)22(14-26(5,31)25(24)17(4)30)28-21-12-10-20(27)11-13-21/h6-13,15,24-25,28,31H,14H2,1-5H3/t24-,25+,26-/m0/s1. The quantitative estimate of drug-likeness (QED) is 0.530. The number of hydrogen-bond donors (Lipinski definition) is 2. The Morgan fingerprint density at radius 2 is 1.65 bits per heavy atom. The maximum atomic E-state index is 12.9. The lowest BCUT2D eigenvalue weighted by Crippen LogP contribution is -2.48. The van der Waals surface area contributed by atoms with E-state index >= 15 is 0 Å². The first-order valence-electron chi connectivity index (χ1n) is 10.6. The lowest BCUT2D eigenvalue weighted by Gasteiger charge is -2.43. The second-order valence-electron chi connectivity index (χ2n) is 9.00. The molecule has 3 rings (SSSR count). The summed E-state index contributed by atoms with van der Waals surface area (Å²) in [5.74, 6) is -1.06. The van der Waals surface area contributed by atoms with Crippen LogP contribution in [0.25, 0.3) is 0 Å². The summed E-state index contributed by atoms with van der Waals surface area (Å²) in [4.78, 5) is 25.6. The SMILES string of the molecule is CC(=O)C1=C(Nc2ccc(Br)cc2)C[C@](C)(O)[C@H](C(C)=O)[C@H]1c1ccc(C(C)C)cc1. The van der Waals surface area contributed by atoms with Gasteiger partial charge in [-0.3, -0.25) is 9.59 Å². The summed E-state index contributed by atoms with van der Waals surface area (Å²) in [5.41, 5.74) is 2.81. The number of anilines is 1. The van der Waals surface area contributed by atoms with Crippen LogP contribution in [-0.4, -0.2) is 22.3 Å². The lowest BCUT2D eigenvalue weighted by atomic mass is 9.63. The highest BCUT2D eigenvalue weighted by molar-refractivity contribution is 9.10. The second-order valence-corrected chi connectivity index (χ2v) is 9.92. The van der Waals surface area contributed by atoms with E-state index in [0.29, 0.717) is 17.2 Å². The van der Waals surface area contributed by atoms with Gasteiger partial charge in [0.2, 0.25) is 0 Å². The van der Waals surface area contributed by atoms with Crippen molar-refractivity contribution in [3.05, 3.63) is 75.4 Å². The van der Waals surface area contributed by atoms with E-state index in [9.17, 15) is 14.7 Å². The zero-order chi connectivity index (χ0) is 22.9. The first-order chi connectivity index (χ1) is 14.5. The largest absolute Gasteiger partial charge is 0.389 e. The molecule has 0 radical (unpaired) electrons.